The zero-order valence-electron chi connectivity index (χ0n) is 10.00. The van der Waals surface area contributed by atoms with E-state index < -0.39 is 5.97 Å². The van der Waals surface area contributed by atoms with Crippen molar-refractivity contribution in [3.05, 3.63) is 0 Å². The van der Waals surface area contributed by atoms with E-state index in [2.05, 4.69) is 10.6 Å². The summed E-state index contributed by atoms with van der Waals surface area (Å²) in [6.07, 6.45) is 3.85. The standard InChI is InChI=1S/C12H20N2O3/c15-10(16)2-1-5-14-11(17)9-8-12(9)3-6-13-7-4-12/h9,13H,1-8H2,(H,14,17)(H,15,16). The van der Waals surface area contributed by atoms with E-state index in [0.717, 1.165) is 32.4 Å². The van der Waals surface area contributed by atoms with Crippen LogP contribution in [0.25, 0.3) is 0 Å². The van der Waals surface area contributed by atoms with Gasteiger partial charge in [0.25, 0.3) is 0 Å². The second-order valence-corrected chi connectivity index (χ2v) is 5.16. The highest BCUT2D eigenvalue weighted by Gasteiger charge is 2.57. The normalized spacial score (nSPS) is 25.5. The van der Waals surface area contributed by atoms with Gasteiger partial charge in [-0.15, -0.1) is 0 Å². The average molecular weight is 240 g/mol. The van der Waals surface area contributed by atoms with Crippen molar-refractivity contribution < 1.29 is 14.7 Å². The third-order valence-electron chi connectivity index (χ3n) is 3.97. The summed E-state index contributed by atoms with van der Waals surface area (Å²) in [4.78, 5) is 22.2. The summed E-state index contributed by atoms with van der Waals surface area (Å²) >= 11 is 0. The Bertz CT molecular complexity index is 311. The van der Waals surface area contributed by atoms with Crippen LogP contribution in [0.3, 0.4) is 0 Å². The highest BCUT2D eigenvalue weighted by Crippen LogP contribution is 2.58. The Balaban J connectivity index is 1.66. The van der Waals surface area contributed by atoms with Gasteiger partial charge in [0.05, 0.1) is 0 Å². The van der Waals surface area contributed by atoms with Crippen molar-refractivity contribution >= 4 is 11.9 Å². The Morgan fingerprint density at radius 2 is 2.06 bits per heavy atom. The molecule has 1 amide bonds. The fourth-order valence-electron chi connectivity index (χ4n) is 2.77. The molecule has 0 aromatic heterocycles. The molecule has 1 saturated heterocycles. The van der Waals surface area contributed by atoms with Crippen LogP contribution in [0.15, 0.2) is 0 Å². The first-order chi connectivity index (χ1) is 8.14. The van der Waals surface area contributed by atoms with E-state index in [1.807, 2.05) is 0 Å². The van der Waals surface area contributed by atoms with Gasteiger partial charge in [-0.3, -0.25) is 9.59 Å². The lowest BCUT2D eigenvalue weighted by Gasteiger charge is -2.23. The van der Waals surface area contributed by atoms with E-state index in [9.17, 15) is 9.59 Å². The highest BCUT2D eigenvalue weighted by molar-refractivity contribution is 5.82. The Labute approximate surface area is 101 Å². The predicted molar refractivity (Wildman–Crippen MR) is 62.5 cm³/mol. The zero-order chi connectivity index (χ0) is 12.3. The van der Waals surface area contributed by atoms with Crippen LogP contribution in [0.2, 0.25) is 0 Å². The zero-order valence-corrected chi connectivity index (χ0v) is 10.00. The lowest BCUT2D eigenvalue weighted by Crippen LogP contribution is -2.34. The van der Waals surface area contributed by atoms with Crippen molar-refractivity contribution in [1.29, 1.82) is 0 Å². The van der Waals surface area contributed by atoms with Gasteiger partial charge in [-0.05, 0) is 44.2 Å². The van der Waals surface area contributed by atoms with E-state index in [1.165, 1.54) is 0 Å². The molecular weight excluding hydrogens is 220 g/mol. The average Bonchev–Trinajstić information content (AvgIpc) is 2.99. The number of hydrogen-bond donors (Lipinski definition) is 3. The highest BCUT2D eigenvalue weighted by atomic mass is 16.4. The van der Waals surface area contributed by atoms with Crippen LogP contribution < -0.4 is 10.6 Å². The van der Waals surface area contributed by atoms with Crippen LogP contribution in [-0.4, -0.2) is 36.6 Å². The van der Waals surface area contributed by atoms with Crippen LogP contribution in [0.1, 0.15) is 32.1 Å². The van der Waals surface area contributed by atoms with Crippen molar-refractivity contribution in [2.75, 3.05) is 19.6 Å². The smallest absolute Gasteiger partial charge is 0.303 e. The number of piperidine rings is 1. The number of rotatable bonds is 5. The Morgan fingerprint density at radius 1 is 1.35 bits per heavy atom. The molecule has 0 bridgehead atoms. The molecule has 0 radical (unpaired) electrons. The Hall–Kier alpha value is -1.10. The maximum Gasteiger partial charge on any atom is 0.303 e. The molecule has 1 atom stereocenters. The van der Waals surface area contributed by atoms with E-state index in [4.69, 9.17) is 5.11 Å². The van der Waals surface area contributed by atoms with Gasteiger partial charge >= 0.3 is 5.97 Å². The van der Waals surface area contributed by atoms with Gasteiger partial charge in [-0.1, -0.05) is 0 Å². The number of carbonyl (C=O) groups is 2. The molecule has 96 valence electrons. The molecule has 1 heterocycles. The lowest BCUT2D eigenvalue weighted by atomic mass is 9.92. The molecule has 1 aliphatic heterocycles. The molecule has 5 nitrogen and oxygen atoms in total. The molecule has 17 heavy (non-hydrogen) atoms. The topological polar surface area (TPSA) is 78.4 Å². The fraction of sp³-hybridized carbons (Fsp3) is 0.833. The first kappa shape index (κ1) is 12.4. The van der Waals surface area contributed by atoms with Gasteiger partial charge in [0, 0.05) is 18.9 Å². The molecule has 1 unspecified atom stereocenters. The van der Waals surface area contributed by atoms with Crippen molar-refractivity contribution in [2.24, 2.45) is 11.3 Å². The Kier molecular flexibility index (Phi) is 3.66. The summed E-state index contributed by atoms with van der Waals surface area (Å²) in [5.74, 6) is -0.507. The number of nitrogens with one attached hydrogen (secondary N) is 2. The maximum atomic E-state index is 11.8. The number of amides is 1. The summed E-state index contributed by atoms with van der Waals surface area (Å²) < 4.78 is 0. The molecule has 2 fully saturated rings. The summed E-state index contributed by atoms with van der Waals surface area (Å²) in [5, 5.41) is 14.6. The van der Waals surface area contributed by atoms with Gasteiger partial charge in [0.1, 0.15) is 0 Å². The van der Waals surface area contributed by atoms with Crippen molar-refractivity contribution in [1.82, 2.24) is 10.6 Å². The van der Waals surface area contributed by atoms with E-state index >= 15 is 0 Å². The van der Waals surface area contributed by atoms with Crippen LogP contribution in [0, 0.1) is 11.3 Å². The molecule has 1 spiro atoms. The molecule has 5 heteroatoms. The number of carboxylic acid groups (broad SMARTS) is 1. The third kappa shape index (κ3) is 2.97. The summed E-state index contributed by atoms with van der Waals surface area (Å²) in [6, 6.07) is 0. The van der Waals surface area contributed by atoms with Gasteiger partial charge < -0.3 is 15.7 Å². The van der Waals surface area contributed by atoms with Gasteiger partial charge in [-0.25, -0.2) is 0 Å². The maximum absolute atomic E-state index is 11.8. The van der Waals surface area contributed by atoms with Crippen LogP contribution >= 0.6 is 0 Å². The van der Waals surface area contributed by atoms with Gasteiger partial charge in [-0.2, -0.15) is 0 Å². The van der Waals surface area contributed by atoms with Crippen molar-refractivity contribution in [3.8, 4) is 0 Å². The number of carboxylic acids is 1. The van der Waals surface area contributed by atoms with Crippen molar-refractivity contribution in [3.63, 3.8) is 0 Å². The molecule has 2 aliphatic rings. The van der Waals surface area contributed by atoms with Crippen LogP contribution in [0.4, 0.5) is 0 Å². The first-order valence-electron chi connectivity index (χ1n) is 6.34. The summed E-state index contributed by atoms with van der Waals surface area (Å²) in [6.45, 7) is 2.52. The minimum Gasteiger partial charge on any atom is -0.481 e. The number of aliphatic carboxylic acids is 1. The quantitative estimate of drug-likeness (QED) is 0.606. The molecular formula is C12H20N2O3. The fourth-order valence-corrected chi connectivity index (χ4v) is 2.77. The van der Waals surface area contributed by atoms with E-state index in [-0.39, 0.29) is 23.7 Å². The Morgan fingerprint density at radius 3 is 2.71 bits per heavy atom. The summed E-state index contributed by atoms with van der Waals surface area (Å²) in [7, 11) is 0. The largest absolute Gasteiger partial charge is 0.481 e. The molecule has 0 aromatic carbocycles. The van der Waals surface area contributed by atoms with Gasteiger partial charge in [0.15, 0.2) is 0 Å². The first-order valence-corrected chi connectivity index (χ1v) is 6.34. The SMILES string of the molecule is O=C(O)CCCNC(=O)C1CC12CCNCC2. The lowest BCUT2D eigenvalue weighted by molar-refractivity contribution is -0.137. The molecule has 1 aliphatic carbocycles. The molecule has 3 N–H and O–H groups in total. The second-order valence-electron chi connectivity index (χ2n) is 5.16. The monoisotopic (exact) mass is 240 g/mol. The second kappa shape index (κ2) is 5.04. The van der Waals surface area contributed by atoms with Crippen LogP contribution in [0.5, 0.6) is 0 Å². The summed E-state index contributed by atoms with van der Waals surface area (Å²) in [5.41, 5.74) is 0.266. The molecule has 2 rings (SSSR count). The minimum atomic E-state index is -0.805. The molecule has 0 aromatic rings. The number of carbonyl (C=O) groups excluding carboxylic acids is 1. The van der Waals surface area contributed by atoms with Crippen LogP contribution in [-0.2, 0) is 9.59 Å². The number of hydrogen-bond acceptors (Lipinski definition) is 3. The van der Waals surface area contributed by atoms with Crippen molar-refractivity contribution in [2.45, 2.75) is 32.1 Å². The van der Waals surface area contributed by atoms with E-state index in [1.54, 1.807) is 0 Å². The van der Waals surface area contributed by atoms with E-state index in [0.29, 0.717) is 13.0 Å². The van der Waals surface area contributed by atoms with Gasteiger partial charge in [0.2, 0.25) is 5.91 Å². The minimum absolute atomic E-state index is 0.122. The third-order valence-corrected chi connectivity index (χ3v) is 3.97. The predicted octanol–water partition coefficient (Wildman–Crippen LogP) is 0.357. The molecule has 1 saturated carbocycles.